The first-order valence-corrected chi connectivity index (χ1v) is 7.58. The highest BCUT2D eigenvalue weighted by Gasteiger charge is 2.45. The van der Waals surface area contributed by atoms with Crippen LogP contribution in [0.15, 0.2) is 12.1 Å². The number of hydrogen-bond donors (Lipinski definition) is 2. The summed E-state index contributed by atoms with van der Waals surface area (Å²) < 4.78 is 0. The van der Waals surface area contributed by atoms with Gasteiger partial charge in [-0.15, -0.1) is 0 Å². The van der Waals surface area contributed by atoms with Gasteiger partial charge in [-0.2, -0.15) is 0 Å². The summed E-state index contributed by atoms with van der Waals surface area (Å²) in [7, 11) is 0. The molecular formula is C16H15N3O4. The van der Waals surface area contributed by atoms with Crippen molar-refractivity contribution in [2.75, 3.05) is 0 Å². The number of nitrogens with zero attached hydrogens (tertiary/aromatic N) is 1. The molecule has 23 heavy (non-hydrogen) atoms. The predicted octanol–water partition coefficient (Wildman–Crippen LogP) is -0.486. The van der Waals surface area contributed by atoms with E-state index in [1.165, 1.54) is 0 Å². The van der Waals surface area contributed by atoms with Crippen LogP contribution in [0.25, 0.3) is 0 Å². The molecule has 2 heterocycles. The lowest BCUT2D eigenvalue weighted by Crippen LogP contribution is -2.54. The van der Waals surface area contributed by atoms with Crippen LogP contribution in [-0.4, -0.2) is 40.6 Å². The molecule has 1 aromatic rings. The Balaban J connectivity index is 1.71. The van der Waals surface area contributed by atoms with Crippen LogP contribution in [0.4, 0.5) is 0 Å². The van der Waals surface area contributed by atoms with Gasteiger partial charge in [0.15, 0.2) is 0 Å². The molecule has 0 bridgehead atoms. The van der Waals surface area contributed by atoms with Crippen molar-refractivity contribution < 1.29 is 19.2 Å². The molecule has 0 saturated carbocycles. The molecule has 3 aliphatic rings. The number of rotatable bonds is 1. The molecule has 0 aromatic heterocycles. The molecule has 1 aliphatic carbocycles. The Labute approximate surface area is 131 Å². The molecule has 2 aliphatic heterocycles. The second-order valence-electron chi connectivity index (χ2n) is 6.28. The molecule has 1 fully saturated rings. The molecule has 1 saturated heterocycles. The molecule has 3 N–H and O–H groups in total. The van der Waals surface area contributed by atoms with Crippen LogP contribution < -0.4 is 11.1 Å². The van der Waals surface area contributed by atoms with Gasteiger partial charge in [0.05, 0.1) is 11.1 Å². The van der Waals surface area contributed by atoms with Gasteiger partial charge in [-0.1, -0.05) is 0 Å². The molecule has 7 nitrogen and oxygen atoms in total. The van der Waals surface area contributed by atoms with E-state index in [1.54, 1.807) is 12.1 Å². The minimum atomic E-state index is -0.919. The zero-order chi connectivity index (χ0) is 16.3. The van der Waals surface area contributed by atoms with Gasteiger partial charge in [0.2, 0.25) is 11.8 Å². The van der Waals surface area contributed by atoms with Gasteiger partial charge in [-0.25, -0.2) is 0 Å². The molecule has 4 amide bonds. The van der Waals surface area contributed by atoms with Crippen molar-refractivity contribution in [1.29, 1.82) is 0 Å². The summed E-state index contributed by atoms with van der Waals surface area (Å²) in [6.45, 7) is 0. The molecule has 1 atom stereocenters. The number of fused-ring (bicyclic) bond motifs is 2. The average Bonchev–Trinajstić information content (AvgIpc) is 2.96. The largest absolute Gasteiger partial charge is 0.327 e. The monoisotopic (exact) mass is 313 g/mol. The van der Waals surface area contributed by atoms with Crippen molar-refractivity contribution in [2.45, 2.75) is 37.8 Å². The smallest absolute Gasteiger partial charge is 0.262 e. The van der Waals surface area contributed by atoms with E-state index in [4.69, 9.17) is 5.73 Å². The van der Waals surface area contributed by atoms with E-state index < -0.39 is 23.8 Å². The van der Waals surface area contributed by atoms with E-state index in [1.807, 2.05) is 0 Å². The van der Waals surface area contributed by atoms with Crippen molar-refractivity contribution in [3.05, 3.63) is 34.4 Å². The van der Waals surface area contributed by atoms with Crippen LogP contribution in [0.1, 0.15) is 44.7 Å². The number of carbonyl (C=O) groups is 4. The molecule has 1 aromatic carbocycles. The number of nitrogens with one attached hydrogen (secondary N) is 1. The van der Waals surface area contributed by atoms with E-state index in [9.17, 15) is 19.2 Å². The molecule has 0 spiro atoms. The quantitative estimate of drug-likeness (QED) is 0.680. The lowest BCUT2D eigenvalue weighted by atomic mass is 10.0. The summed E-state index contributed by atoms with van der Waals surface area (Å²) in [6, 6.07) is 2.55. The third kappa shape index (κ3) is 2.00. The lowest BCUT2D eigenvalue weighted by Gasteiger charge is -2.27. The SMILES string of the molecule is NC1Cc2cc3c(cc2C1)C(=O)N([C@H]1CCC(=O)NC1=O)C3=O. The van der Waals surface area contributed by atoms with Crippen LogP contribution in [0.5, 0.6) is 0 Å². The summed E-state index contributed by atoms with van der Waals surface area (Å²) in [5.41, 5.74) is 8.55. The fraction of sp³-hybridized carbons (Fsp3) is 0.375. The van der Waals surface area contributed by atoms with Crippen molar-refractivity contribution in [3.63, 3.8) is 0 Å². The second-order valence-corrected chi connectivity index (χ2v) is 6.28. The third-order valence-corrected chi connectivity index (χ3v) is 4.72. The highest BCUT2D eigenvalue weighted by Crippen LogP contribution is 2.32. The third-order valence-electron chi connectivity index (χ3n) is 4.72. The molecule has 0 unspecified atom stereocenters. The zero-order valence-corrected chi connectivity index (χ0v) is 12.3. The van der Waals surface area contributed by atoms with E-state index >= 15 is 0 Å². The van der Waals surface area contributed by atoms with Crippen LogP contribution in [-0.2, 0) is 22.4 Å². The fourth-order valence-corrected chi connectivity index (χ4v) is 3.62. The Morgan fingerprint density at radius 2 is 1.57 bits per heavy atom. The van der Waals surface area contributed by atoms with Gasteiger partial charge in [0, 0.05) is 12.5 Å². The number of imide groups is 2. The Morgan fingerprint density at radius 3 is 2.09 bits per heavy atom. The topological polar surface area (TPSA) is 110 Å². The summed E-state index contributed by atoms with van der Waals surface area (Å²) in [5.74, 6) is -1.91. The Hall–Kier alpha value is -2.54. The van der Waals surface area contributed by atoms with Crippen molar-refractivity contribution >= 4 is 23.6 Å². The van der Waals surface area contributed by atoms with E-state index in [0.29, 0.717) is 24.0 Å². The number of piperidine rings is 1. The maximum Gasteiger partial charge on any atom is 0.262 e. The molecule has 4 rings (SSSR count). The van der Waals surface area contributed by atoms with Crippen LogP contribution >= 0.6 is 0 Å². The summed E-state index contributed by atoms with van der Waals surface area (Å²) in [5, 5.41) is 2.18. The minimum absolute atomic E-state index is 0.0176. The summed E-state index contributed by atoms with van der Waals surface area (Å²) >= 11 is 0. The highest BCUT2D eigenvalue weighted by atomic mass is 16.2. The van der Waals surface area contributed by atoms with Crippen molar-refractivity contribution in [2.24, 2.45) is 5.73 Å². The van der Waals surface area contributed by atoms with E-state index in [2.05, 4.69) is 5.32 Å². The first-order valence-electron chi connectivity index (χ1n) is 7.58. The fourth-order valence-electron chi connectivity index (χ4n) is 3.62. The standard InChI is InChI=1S/C16H15N3O4/c17-9-3-7-5-10-11(6-8(7)4-9)16(23)19(15(10)22)12-1-2-13(20)18-14(12)21/h5-6,9,12H,1-4,17H2,(H,18,20,21)/t12-/m0/s1. The van der Waals surface area contributed by atoms with Gasteiger partial charge >= 0.3 is 0 Å². The number of benzene rings is 1. The maximum absolute atomic E-state index is 12.6. The second kappa shape index (κ2) is 4.73. The van der Waals surface area contributed by atoms with Gasteiger partial charge in [-0.3, -0.25) is 29.4 Å². The van der Waals surface area contributed by atoms with Crippen LogP contribution in [0, 0.1) is 0 Å². The van der Waals surface area contributed by atoms with Crippen LogP contribution in [0.3, 0.4) is 0 Å². The maximum atomic E-state index is 12.6. The van der Waals surface area contributed by atoms with Gasteiger partial charge in [0.25, 0.3) is 11.8 Å². The van der Waals surface area contributed by atoms with Gasteiger partial charge in [-0.05, 0) is 42.5 Å². The summed E-state index contributed by atoms with van der Waals surface area (Å²) in [4.78, 5) is 49.5. The first kappa shape index (κ1) is 14.1. The highest BCUT2D eigenvalue weighted by molar-refractivity contribution is 6.23. The number of carbonyl (C=O) groups excluding carboxylic acids is 4. The van der Waals surface area contributed by atoms with E-state index in [0.717, 1.165) is 16.0 Å². The first-order chi connectivity index (χ1) is 11.0. The van der Waals surface area contributed by atoms with Crippen LogP contribution in [0.2, 0.25) is 0 Å². The van der Waals surface area contributed by atoms with Crippen molar-refractivity contribution in [1.82, 2.24) is 10.2 Å². The number of amides is 4. The Morgan fingerprint density at radius 1 is 1.00 bits per heavy atom. The molecule has 118 valence electrons. The Bertz CT molecular complexity index is 741. The van der Waals surface area contributed by atoms with Gasteiger partial charge < -0.3 is 5.73 Å². The molecule has 7 heteroatoms. The number of nitrogens with two attached hydrogens (primary N) is 1. The average molecular weight is 313 g/mol. The molecular weight excluding hydrogens is 298 g/mol. The summed E-state index contributed by atoms with van der Waals surface area (Å²) in [6.07, 6.45) is 1.65. The minimum Gasteiger partial charge on any atom is -0.327 e. The zero-order valence-electron chi connectivity index (χ0n) is 12.3. The lowest BCUT2D eigenvalue weighted by molar-refractivity contribution is -0.136. The Kier molecular flexibility index (Phi) is 2.89. The van der Waals surface area contributed by atoms with Gasteiger partial charge in [0.1, 0.15) is 6.04 Å². The van der Waals surface area contributed by atoms with Crippen molar-refractivity contribution in [3.8, 4) is 0 Å². The molecule has 0 radical (unpaired) electrons. The predicted molar refractivity (Wildman–Crippen MR) is 78.5 cm³/mol. The number of hydrogen-bond acceptors (Lipinski definition) is 5. The van der Waals surface area contributed by atoms with E-state index in [-0.39, 0.29) is 24.8 Å². The normalized spacial score (nSPS) is 24.0.